The minimum atomic E-state index is -0.320. The summed E-state index contributed by atoms with van der Waals surface area (Å²) in [5.74, 6) is 0.407. The number of nitrogens with zero attached hydrogens (tertiary/aromatic N) is 5. The third-order valence-electron chi connectivity index (χ3n) is 2.59. The van der Waals surface area contributed by atoms with E-state index in [9.17, 15) is 4.79 Å². The average molecular weight is 295 g/mol. The molecule has 0 aromatic carbocycles. The Morgan fingerprint density at radius 1 is 1.50 bits per heavy atom. The Balaban J connectivity index is 1.99. The summed E-state index contributed by atoms with van der Waals surface area (Å²) in [5.41, 5.74) is 0.198. The quantitative estimate of drug-likeness (QED) is 0.897. The summed E-state index contributed by atoms with van der Waals surface area (Å²) in [6, 6.07) is 0. The van der Waals surface area contributed by atoms with Crippen molar-refractivity contribution in [1.29, 1.82) is 0 Å². The predicted molar refractivity (Wildman–Crippen MR) is 73.5 cm³/mol. The number of carbonyl (C=O) groups is 1. The molecule has 20 heavy (non-hydrogen) atoms. The van der Waals surface area contributed by atoms with Gasteiger partial charge >= 0.3 is 0 Å². The van der Waals surface area contributed by atoms with Crippen LogP contribution >= 0.6 is 11.6 Å². The highest BCUT2D eigenvalue weighted by Gasteiger charge is 2.15. The number of halogens is 1. The molecular formula is C12H15ClN6O. The van der Waals surface area contributed by atoms with Crippen molar-refractivity contribution in [3.05, 3.63) is 35.1 Å². The smallest absolute Gasteiger partial charge is 0.271 e. The Hall–Kier alpha value is -2.02. The van der Waals surface area contributed by atoms with Crippen molar-refractivity contribution >= 4 is 17.5 Å². The van der Waals surface area contributed by atoms with Crippen LogP contribution in [0.1, 0.15) is 36.1 Å². The summed E-state index contributed by atoms with van der Waals surface area (Å²) < 4.78 is 1.63. The van der Waals surface area contributed by atoms with E-state index in [1.165, 1.54) is 6.20 Å². The second-order valence-electron chi connectivity index (χ2n) is 4.50. The van der Waals surface area contributed by atoms with Crippen molar-refractivity contribution < 1.29 is 4.79 Å². The minimum absolute atomic E-state index is 0.133. The van der Waals surface area contributed by atoms with Gasteiger partial charge in [0.1, 0.15) is 11.5 Å². The van der Waals surface area contributed by atoms with Gasteiger partial charge in [-0.2, -0.15) is 0 Å². The Labute approximate surface area is 121 Å². The first-order chi connectivity index (χ1) is 9.58. The fourth-order valence-electron chi connectivity index (χ4n) is 1.54. The third kappa shape index (κ3) is 3.51. The molecule has 0 radical (unpaired) electrons. The highest BCUT2D eigenvalue weighted by atomic mass is 35.5. The van der Waals surface area contributed by atoms with Gasteiger partial charge in [0.15, 0.2) is 0 Å². The number of hydrogen-bond donors (Lipinski definition) is 1. The first kappa shape index (κ1) is 14.4. The van der Waals surface area contributed by atoms with E-state index in [1.807, 2.05) is 13.8 Å². The summed E-state index contributed by atoms with van der Waals surface area (Å²) in [4.78, 5) is 20.3. The average Bonchev–Trinajstić information content (AvgIpc) is 2.92. The Kier molecular flexibility index (Phi) is 4.62. The highest BCUT2D eigenvalue weighted by molar-refractivity contribution is 6.33. The van der Waals surface area contributed by atoms with Crippen molar-refractivity contribution in [3.63, 3.8) is 0 Å². The number of aromatic nitrogens is 5. The maximum Gasteiger partial charge on any atom is 0.271 e. The van der Waals surface area contributed by atoms with E-state index in [2.05, 4.69) is 25.6 Å². The van der Waals surface area contributed by atoms with Gasteiger partial charge in [0.05, 0.1) is 24.0 Å². The molecule has 0 atom stereocenters. The summed E-state index contributed by atoms with van der Waals surface area (Å²) >= 11 is 5.96. The lowest BCUT2D eigenvalue weighted by Crippen LogP contribution is -2.28. The van der Waals surface area contributed by atoms with Crippen LogP contribution in [0.2, 0.25) is 5.02 Å². The molecule has 0 unspecified atom stereocenters. The molecule has 8 heteroatoms. The predicted octanol–water partition coefficient (Wildman–Crippen LogP) is 1.27. The fraction of sp³-hybridized carbons (Fsp3) is 0.417. The number of carbonyl (C=O) groups excluding carboxylic acids is 1. The van der Waals surface area contributed by atoms with E-state index in [0.29, 0.717) is 18.9 Å². The van der Waals surface area contributed by atoms with E-state index in [0.717, 1.165) is 0 Å². The summed E-state index contributed by atoms with van der Waals surface area (Å²) in [7, 11) is 0. The van der Waals surface area contributed by atoms with Gasteiger partial charge in [-0.05, 0) is 0 Å². The van der Waals surface area contributed by atoms with Gasteiger partial charge in [-0.1, -0.05) is 30.7 Å². The molecule has 2 aromatic rings. The molecule has 7 nitrogen and oxygen atoms in total. The molecule has 0 aliphatic rings. The SMILES string of the molecule is CC(C)c1ncc(Cl)c(C(=O)NCCn2ccnn2)n1. The zero-order valence-electron chi connectivity index (χ0n) is 11.2. The second-order valence-corrected chi connectivity index (χ2v) is 4.91. The molecule has 1 amide bonds. The monoisotopic (exact) mass is 294 g/mol. The van der Waals surface area contributed by atoms with Crippen LogP contribution < -0.4 is 5.32 Å². The topological polar surface area (TPSA) is 85.6 Å². The Morgan fingerprint density at radius 2 is 2.30 bits per heavy atom. The van der Waals surface area contributed by atoms with Crippen LogP contribution in [-0.4, -0.2) is 37.4 Å². The molecule has 0 aliphatic carbocycles. The van der Waals surface area contributed by atoms with Gasteiger partial charge in [-0.25, -0.2) is 9.97 Å². The Bertz CT molecular complexity index is 584. The third-order valence-corrected chi connectivity index (χ3v) is 2.87. The van der Waals surface area contributed by atoms with E-state index in [1.54, 1.807) is 17.1 Å². The van der Waals surface area contributed by atoms with E-state index in [4.69, 9.17) is 11.6 Å². The molecule has 1 N–H and O–H groups in total. The van der Waals surface area contributed by atoms with Crippen LogP contribution in [0.15, 0.2) is 18.6 Å². The van der Waals surface area contributed by atoms with Crippen LogP contribution in [0.25, 0.3) is 0 Å². The molecule has 0 fully saturated rings. The van der Waals surface area contributed by atoms with Gasteiger partial charge in [-0.3, -0.25) is 9.48 Å². The number of amides is 1. The van der Waals surface area contributed by atoms with Gasteiger partial charge in [-0.15, -0.1) is 5.10 Å². The summed E-state index contributed by atoms with van der Waals surface area (Å²) in [6.07, 6.45) is 4.76. The van der Waals surface area contributed by atoms with Crippen LogP contribution in [0.3, 0.4) is 0 Å². The molecule has 106 valence electrons. The Morgan fingerprint density at radius 3 is 2.95 bits per heavy atom. The van der Waals surface area contributed by atoms with E-state index < -0.39 is 0 Å². The highest BCUT2D eigenvalue weighted by Crippen LogP contribution is 2.16. The van der Waals surface area contributed by atoms with Crippen molar-refractivity contribution in [1.82, 2.24) is 30.3 Å². The second kappa shape index (κ2) is 6.42. The minimum Gasteiger partial charge on any atom is -0.349 e. The largest absolute Gasteiger partial charge is 0.349 e. The first-order valence-electron chi connectivity index (χ1n) is 6.22. The molecule has 2 heterocycles. The molecule has 0 spiro atoms. The van der Waals surface area contributed by atoms with Gasteiger partial charge < -0.3 is 5.32 Å². The van der Waals surface area contributed by atoms with Crippen molar-refractivity contribution in [2.75, 3.05) is 6.54 Å². The van der Waals surface area contributed by atoms with Gasteiger partial charge in [0.25, 0.3) is 5.91 Å². The summed E-state index contributed by atoms with van der Waals surface area (Å²) in [6.45, 7) is 4.86. The van der Waals surface area contributed by atoms with E-state index in [-0.39, 0.29) is 22.5 Å². The first-order valence-corrected chi connectivity index (χ1v) is 6.60. The van der Waals surface area contributed by atoms with Gasteiger partial charge in [0.2, 0.25) is 0 Å². The van der Waals surface area contributed by atoms with Crippen molar-refractivity contribution in [3.8, 4) is 0 Å². The lowest BCUT2D eigenvalue weighted by Gasteiger charge is -2.08. The zero-order chi connectivity index (χ0) is 14.5. The molecule has 0 aliphatic heterocycles. The number of hydrogen-bond acceptors (Lipinski definition) is 5. The normalized spacial score (nSPS) is 10.8. The van der Waals surface area contributed by atoms with Crippen molar-refractivity contribution in [2.24, 2.45) is 0 Å². The maximum atomic E-state index is 12.0. The number of rotatable bonds is 5. The standard InChI is InChI=1S/C12H15ClN6O/c1-8(2)11-15-7-9(13)10(17-11)12(20)14-3-5-19-6-4-16-18-19/h4,6-8H,3,5H2,1-2H3,(H,14,20). The van der Waals surface area contributed by atoms with Crippen LogP contribution in [0.4, 0.5) is 0 Å². The molecule has 0 bridgehead atoms. The summed E-state index contributed by atoms with van der Waals surface area (Å²) in [5, 5.41) is 10.5. The molecule has 2 aromatic heterocycles. The molecule has 0 saturated carbocycles. The fourth-order valence-corrected chi connectivity index (χ4v) is 1.71. The van der Waals surface area contributed by atoms with E-state index >= 15 is 0 Å². The lowest BCUT2D eigenvalue weighted by atomic mass is 10.2. The van der Waals surface area contributed by atoms with Crippen LogP contribution in [-0.2, 0) is 6.54 Å². The maximum absolute atomic E-state index is 12.0. The molecular weight excluding hydrogens is 280 g/mol. The molecule has 2 rings (SSSR count). The number of nitrogens with one attached hydrogen (secondary N) is 1. The molecule has 0 saturated heterocycles. The van der Waals surface area contributed by atoms with Gasteiger partial charge in [0, 0.05) is 18.7 Å². The lowest BCUT2D eigenvalue weighted by molar-refractivity contribution is 0.0946. The van der Waals surface area contributed by atoms with Crippen LogP contribution in [0.5, 0.6) is 0 Å². The zero-order valence-corrected chi connectivity index (χ0v) is 12.0. The van der Waals surface area contributed by atoms with Crippen molar-refractivity contribution in [2.45, 2.75) is 26.3 Å². The van der Waals surface area contributed by atoms with Crippen LogP contribution in [0, 0.1) is 0 Å².